The molecule has 0 spiro atoms. The molecule has 0 unspecified atom stereocenters. The Hall–Kier alpha value is -3.43. The summed E-state index contributed by atoms with van der Waals surface area (Å²) in [5.74, 6) is 0.615. The minimum absolute atomic E-state index is 0.0447. The number of fused-ring (bicyclic) bond motifs is 1. The highest BCUT2D eigenvalue weighted by Crippen LogP contribution is 2.19. The normalized spacial score (nSPS) is 10.8. The molecule has 144 valence electrons. The number of Topliss-reactive ketones (excluding diaryl/α,β-unsaturated/α-hetero) is 1. The number of hydrogen-bond donors (Lipinski definition) is 0. The quantitative estimate of drug-likeness (QED) is 0.360. The van der Waals surface area contributed by atoms with Gasteiger partial charge in [0.05, 0.1) is 6.61 Å². The number of ketones is 1. The van der Waals surface area contributed by atoms with E-state index in [0.29, 0.717) is 24.5 Å². The lowest BCUT2D eigenvalue weighted by Crippen LogP contribution is -2.09. The molecule has 0 aromatic heterocycles. The topological polar surface area (TPSA) is 35.5 Å². The number of rotatable bonds is 8. The van der Waals surface area contributed by atoms with Crippen molar-refractivity contribution >= 4 is 16.6 Å². The zero-order chi connectivity index (χ0) is 19.9. The minimum atomic E-state index is -0.0583. The van der Waals surface area contributed by atoms with Gasteiger partial charge in [0.15, 0.2) is 5.78 Å². The van der Waals surface area contributed by atoms with Crippen molar-refractivity contribution < 1.29 is 14.3 Å². The van der Waals surface area contributed by atoms with Crippen LogP contribution in [0.1, 0.15) is 21.5 Å². The molecule has 0 N–H and O–H groups in total. The first-order valence-corrected chi connectivity index (χ1v) is 9.63. The van der Waals surface area contributed by atoms with Crippen LogP contribution in [0.25, 0.3) is 10.8 Å². The van der Waals surface area contributed by atoms with Gasteiger partial charge in [0.1, 0.15) is 19.0 Å². The molecule has 0 amide bonds. The molecule has 4 rings (SSSR count). The molecule has 4 aromatic rings. The average molecular weight is 382 g/mol. The van der Waals surface area contributed by atoms with Crippen LogP contribution in [0.3, 0.4) is 0 Å². The molecular formula is C26H22O3. The monoisotopic (exact) mass is 382 g/mol. The summed E-state index contributed by atoms with van der Waals surface area (Å²) in [5, 5.41) is 2.40. The second-order valence-electron chi connectivity index (χ2n) is 6.90. The summed E-state index contributed by atoms with van der Waals surface area (Å²) in [4.78, 5) is 12.4. The lowest BCUT2D eigenvalue weighted by atomic mass is 10.1. The van der Waals surface area contributed by atoms with Gasteiger partial charge in [-0.05, 0) is 40.1 Å². The molecule has 29 heavy (non-hydrogen) atoms. The predicted molar refractivity (Wildman–Crippen MR) is 115 cm³/mol. The fraction of sp³-hybridized carbons (Fsp3) is 0.115. The molecule has 0 bridgehead atoms. The molecule has 0 radical (unpaired) electrons. The van der Waals surface area contributed by atoms with E-state index >= 15 is 0 Å². The van der Waals surface area contributed by atoms with Crippen LogP contribution in [-0.4, -0.2) is 12.4 Å². The van der Waals surface area contributed by atoms with E-state index < -0.39 is 0 Å². The molecule has 3 nitrogen and oxygen atoms in total. The molecular weight excluding hydrogens is 360 g/mol. The maximum atomic E-state index is 12.4. The Labute approximate surface area is 170 Å². The number of carbonyl (C=O) groups is 1. The highest BCUT2D eigenvalue weighted by atomic mass is 16.5. The number of carbonyl (C=O) groups excluding carboxylic acids is 1. The van der Waals surface area contributed by atoms with E-state index in [0.717, 1.165) is 11.1 Å². The molecule has 0 atom stereocenters. The first kappa shape index (κ1) is 18.9. The third-order valence-corrected chi connectivity index (χ3v) is 4.72. The SMILES string of the molecule is O=C(COCc1ccccc1)c1cccc(OCc2ccc3ccccc3c2)c1. The van der Waals surface area contributed by atoms with Gasteiger partial charge in [0, 0.05) is 5.56 Å². The van der Waals surface area contributed by atoms with Gasteiger partial charge in [0.2, 0.25) is 0 Å². The Morgan fingerprint density at radius 2 is 1.45 bits per heavy atom. The Morgan fingerprint density at radius 1 is 0.655 bits per heavy atom. The predicted octanol–water partition coefficient (Wildman–Crippen LogP) is 5.82. The molecule has 4 aromatic carbocycles. The molecule has 0 saturated heterocycles. The van der Waals surface area contributed by atoms with Gasteiger partial charge in [-0.2, -0.15) is 0 Å². The van der Waals surface area contributed by atoms with Crippen molar-refractivity contribution in [3.8, 4) is 5.75 Å². The molecule has 0 saturated carbocycles. The van der Waals surface area contributed by atoms with Gasteiger partial charge in [-0.25, -0.2) is 0 Å². The van der Waals surface area contributed by atoms with Crippen molar-refractivity contribution in [3.05, 3.63) is 114 Å². The second kappa shape index (κ2) is 9.18. The summed E-state index contributed by atoms with van der Waals surface area (Å²) in [6, 6.07) is 31.6. The molecule has 0 fully saturated rings. The average Bonchev–Trinajstić information content (AvgIpc) is 2.78. The van der Waals surface area contributed by atoms with E-state index in [1.54, 1.807) is 12.1 Å². The Kier molecular flexibility index (Phi) is 5.98. The fourth-order valence-corrected chi connectivity index (χ4v) is 3.17. The van der Waals surface area contributed by atoms with Crippen LogP contribution in [0.2, 0.25) is 0 Å². The van der Waals surface area contributed by atoms with Gasteiger partial charge < -0.3 is 9.47 Å². The maximum absolute atomic E-state index is 12.4. The lowest BCUT2D eigenvalue weighted by Gasteiger charge is -2.09. The summed E-state index contributed by atoms with van der Waals surface area (Å²) in [7, 11) is 0. The first-order valence-electron chi connectivity index (χ1n) is 9.63. The summed E-state index contributed by atoms with van der Waals surface area (Å²) in [6.45, 7) is 0.917. The lowest BCUT2D eigenvalue weighted by molar-refractivity contribution is 0.0726. The molecule has 0 aliphatic heterocycles. The summed E-state index contributed by atoms with van der Waals surface area (Å²) in [5.41, 5.74) is 2.73. The van der Waals surface area contributed by atoms with Crippen molar-refractivity contribution in [2.75, 3.05) is 6.61 Å². The summed E-state index contributed by atoms with van der Waals surface area (Å²) in [6.07, 6.45) is 0. The molecule has 0 aliphatic rings. The Morgan fingerprint density at radius 3 is 2.31 bits per heavy atom. The van der Waals surface area contributed by atoms with Crippen LogP contribution >= 0.6 is 0 Å². The largest absolute Gasteiger partial charge is 0.489 e. The molecule has 3 heteroatoms. The number of benzene rings is 4. The Balaban J connectivity index is 1.34. The van der Waals surface area contributed by atoms with Gasteiger partial charge >= 0.3 is 0 Å². The zero-order valence-electron chi connectivity index (χ0n) is 16.1. The van der Waals surface area contributed by atoms with Gasteiger partial charge in [-0.15, -0.1) is 0 Å². The van der Waals surface area contributed by atoms with Gasteiger partial charge in [-0.3, -0.25) is 4.79 Å². The van der Waals surface area contributed by atoms with Crippen molar-refractivity contribution in [1.82, 2.24) is 0 Å². The van der Waals surface area contributed by atoms with Crippen molar-refractivity contribution in [3.63, 3.8) is 0 Å². The summed E-state index contributed by atoms with van der Waals surface area (Å²) >= 11 is 0. The summed E-state index contributed by atoms with van der Waals surface area (Å²) < 4.78 is 11.5. The van der Waals surface area contributed by atoms with Crippen LogP contribution in [0.5, 0.6) is 5.75 Å². The minimum Gasteiger partial charge on any atom is -0.489 e. The number of hydrogen-bond acceptors (Lipinski definition) is 3. The van der Waals surface area contributed by atoms with E-state index in [1.165, 1.54) is 10.8 Å². The van der Waals surface area contributed by atoms with Crippen LogP contribution in [0, 0.1) is 0 Å². The van der Waals surface area contributed by atoms with Crippen LogP contribution in [0.15, 0.2) is 97.1 Å². The molecule has 0 heterocycles. The maximum Gasteiger partial charge on any atom is 0.188 e. The van der Waals surface area contributed by atoms with Crippen molar-refractivity contribution in [2.24, 2.45) is 0 Å². The highest BCUT2D eigenvalue weighted by molar-refractivity contribution is 5.97. The van der Waals surface area contributed by atoms with Crippen molar-refractivity contribution in [2.45, 2.75) is 13.2 Å². The number of ether oxygens (including phenoxy) is 2. The van der Waals surface area contributed by atoms with Crippen LogP contribution in [0.4, 0.5) is 0 Å². The first-order chi connectivity index (χ1) is 14.3. The van der Waals surface area contributed by atoms with Crippen molar-refractivity contribution in [1.29, 1.82) is 0 Å². The van der Waals surface area contributed by atoms with E-state index in [1.807, 2.05) is 54.6 Å². The highest BCUT2D eigenvalue weighted by Gasteiger charge is 2.08. The Bertz CT molecular complexity index is 1100. The third-order valence-electron chi connectivity index (χ3n) is 4.72. The standard InChI is InChI=1S/C26H22O3/c27-26(19-28-17-20-7-2-1-3-8-20)24-11-6-12-25(16-24)29-18-21-13-14-22-9-4-5-10-23(22)15-21/h1-16H,17-19H2. The van der Waals surface area contributed by atoms with E-state index in [2.05, 4.69) is 30.3 Å². The fourth-order valence-electron chi connectivity index (χ4n) is 3.17. The van der Waals surface area contributed by atoms with Crippen LogP contribution < -0.4 is 4.74 Å². The van der Waals surface area contributed by atoms with E-state index in [-0.39, 0.29) is 12.4 Å². The smallest absolute Gasteiger partial charge is 0.188 e. The van der Waals surface area contributed by atoms with Gasteiger partial charge in [-0.1, -0.05) is 78.9 Å². The zero-order valence-corrected chi connectivity index (χ0v) is 16.1. The molecule has 0 aliphatic carbocycles. The second-order valence-corrected chi connectivity index (χ2v) is 6.90. The third kappa shape index (κ3) is 5.09. The van der Waals surface area contributed by atoms with E-state index in [9.17, 15) is 4.79 Å². The van der Waals surface area contributed by atoms with E-state index in [4.69, 9.17) is 9.47 Å². The van der Waals surface area contributed by atoms with Gasteiger partial charge in [0.25, 0.3) is 0 Å². The van der Waals surface area contributed by atoms with Crippen LogP contribution in [-0.2, 0) is 18.0 Å².